The van der Waals surface area contributed by atoms with Crippen molar-refractivity contribution in [3.8, 4) is 23.0 Å². The number of carbonyl (C=O) groups is 8. The van der Waals surface area contributed by atoms with Crippen molar-refractivity contribution in [3.05, 3.63) is 83.2 Å². The monoisotopic (exact) mass is 1730 g/mol. The van der Waals surface area contributed by atoms with Crippen LogP contribution in [0, 0.1) is 43.4 Å². The van der Waals surface area contributed by atoms with E-state index in [4.69, 9.17) is 45.3 Å². The molecule has 2 spiro atoms. The summed E-state index contributed by atoms with van der Waals surface area (Å²) in [7, 11) is -4.66. The molecule has 0 unspecified atom stereocenters. The van der Waals surface area contributed by atoms with Crippen LogP contribution in [0.4, 0.5) is 4.79 Å². The highest BCUT2D eigenvalue weighted by atomic mass is 35.5. The Balaban J connectivity index is 0.000000213. The van der Waals surface area contributed by atoms with Gasteiger partial charge in [0.15, 0.2) is 6.04 Å². The van der Waals surface area contributed by atoms with Crippen LogP contribution < -0.4 is 57.2 Å². The Morgan fingerprint density at radius 3 is 1.42 bits per heavy atom. The summed E-state index contributed by atoms with van der Waals surface area (Å²) in [6.07, 6.45) is 20.3. The van der Waals surface area contributed by atoms with E-state index in [-0.39, 0.29) is 87.9 Å². The molecule has 10 aliphatic rings. The number of quaternary nitrogens is 1. The molecule has 4 aliphatic carbocycles. The number of ether oxygens (including phenoxy) is 6. The number of nitrogens with one attached hydrogen (secondary N) is 4. The van der Waals surface area contributed by atoms with E-state index in [0.717, 1.165) is 89.3 Å². The maximum atomic E-state index is 14.8. The van der Waals surface area contributed by atoms with Crippen molar-refractivity contribution in [2.45, 2.75) is 274 Å². The summed E-state index contributed by atoms with van der Waals surface area (Å²) in [5.41, 5.74) is 3.82. The van der Waals surface area contributed by atoms with Gasteiger partial charge in [0, 0.05) is 70.5 Å². The summed E-state index contributed by atoms with van der Waals surface area (Å²) in [6.45, 7) is 25.8. The van der Waals surface area contributed by atoms with Crippen LogP contribution in [0.25, 0.3) is 21.8 Å². The van der Waals surface area contributed by atoms with Crippen molar-refractivity contribution < 1.29 is 102 Å². The molecule has 8 heterocycles. The van der Waals surface area contributed by atoms with Crippen LogP contribution >= 0.6 is 11.6 Å². The molecule has 2 saturated heterocycles. The molecule has 10 atom stereocenters. The summed E-state index contributed by atoms with van der Waals surface area (Å²) in [4.78, 5) is 124. The number of fused-ring (bicyclic) bond motifs is 10. The van der Waals surface area contributed by atoms with E-state index >= 15 is 0 Å². The first-order valence-electron chi connectivity index (χ1n) is 42.4. The summed E-state index contributed by atoms with van der Waals surface area (Å²) in [5.74, 6) is -1.89. The SMILES string of the molecule is CC(C)COC(=O)Cl.CCN(CC)CC.COc1ccc2nc(C)c3c(c2c1)CC[C@]1(C[C@H]2C(=O)N[C@]4(C(=O)NS(=O)(=O)C5(C)CC5)C[C@H]4/C=C\CCCCC[C@H](CC(=O)OCC(C)C)C(=O)N2C1)O3.COc1ccc2nc(C)c3c(c2c1)CC[C@]1(C[C@H]2C(=O)N[C@]4(C(=O)NS(=O)(=O)C5(C)CC5)C[C@H]4/C=C\CCCCC[C@H]([NH3+])C(=O)N2C1)O3.[Cl-]. The maximum absolute atomic E-state index is 14.8. The molecular formula is C87H124Cl2N10O18S2. The van der Waals surface area contributed by atoms with Gasteiger partial charge in [-0.15, -0.1) is 0 Å². The van der Waals surface area contributed by atoms with Gasteiger partial charge < -0.3 is 71.9 Å². The number of methoxy groups -OCH3 is 2. The topological polar surface area (TPSA) is 371 Å². The number of allylic oxidation sites excluding steroid dienone is 2. The Morgan fingerprint density at radius 2 is 1.03 bits per heavy atom. The third-order valence-corrected chi connectivity index (χ3v) is 29.9. The minimum atomic E-state index is -3.98. The number of benzene rings is 2. The predicted octanol–water partition coefficient (Wildman–Crippen LogP) is 7.41. The van der Waals surface area contributed by atoms with Crippen LogP contribution in [0.3, 0.4) is 0 Å². The van der Waals surface area contributed by atoms with Crippen LogP contribution in [0.2, 0.25) is 0 Å². The van der Waals surface area contributed by atoms with Crippen LogP contribution in [0.1, 0.15) is 220 Å². The van der Waals surface area contributed by atoms with E-state index < -0.39 is 117 Å². The number of hydrogen-bond acceptors (Lipinski definition) is 21. The molecule has 6 amide bonds. The van der Waals surface area contributed by atoms with Gasteiger partial charge in [-0.3, -0.25) is 43.0 Å². The molecule has 32 heteroatoms. The smallest absolute Gasteiger partial charge is 0.403 e. The van der Waals surface area contributed by atoms with Crippen LogP contribution in [-0.2, 0) is 75.9 Å². The average Bonchev–Trinajstić information content (AvgIpc) is 1.56. The lowest BCUT2D eigenvalue weighted by molar-refractivity contribution is -0.407. The Bertz CT molecular complexity index is 4740. The standard InChI is InChI=1S/C41H54N4O9S.C35H45N5O7S.C6H15N.C5H9ClO2.ClH/c1-25(2)23-53-34(46)19-27-11-9-7-6-8-10-12-28-21-41(28,38(49)44-55(50,51)39(4)17-18-39)43-36(47)33-22-40(24-45(33)37(27)48)16-15-30-31-20-29(52-5)13-14-32(31)42-26(3)35(30)54-40;1-21-29-24(25-17-23(46-3)11-12-27(25)37-21)13-14-34(47-29)19-28-30(41)38-35(32(43)39-48(44,45)33(2)15-16-33)18-22(35)9-7-5-4-6-8-10-26(36)31(42)40(28)20-34;1-4-7(5-2)6-3;1-4(2)3-8-5(6)7;/h10,12-14,20,25,27-28,33H,6-9,11,15-19,21-24H2,1-5H3,(H,43,47)(H,44,49);7,9,11-12,17,22,26,28H,4-6,8,10,13-16,18-20,36H2,1-3H3,(H,38,41)(H,39,43);4-6H2,1-3H3;4H,3H2,1-2H3;1H/b12-10-;9-7-;;;/t27-,28-,33+,40-,41-;22-,26+,28+,34-,35-;;;/m11.../s1. The third-order valence-electron chi connectivity index (χ3n) is 25.4. The zero-order valence-electron chi connectivity index (χ0n) is 71.5. The molecule has 0 radical (unpaired) electrons. The number of aryl methyl sites for hydroxylation is 4. The van der Waals surface area contributed by atoms with Gasteiger partial charge in [0.25, 0.3) is 17.7 Å². The molecule has 14 rings (SSSR count). The zero-order valence-corrected chi connectivity index (χ0v) is 74.6. The first-order chi connectivity index (χ1) is 55.9. The van der Waals surface area contributed by atoms with E-state index in [0.29, 0.717) is 106 Å². The van der Waals surface area contributed by atoms with Crippen LogP contribution in [-0.4, -0.2) is 198 Å². The lowest BCUT2D eigenvalue weighted by atomic mass is 9.87. The fourth-order valence-electron chi connectivity index (χ4n) is 17.1. The molecule has 2 aromatic carbocycles. The van der Waals surface area contributed by atoms with Gasteiger partial charge in [-0.1, -0.05) is 92.0 Å². The summed E-state index contributed by atoms with van der Waals surface area (Å²) < 4.78 is 89.8. The second-order valence-corrected chi connectivity index (χ2v) is 40.1. The third kappa shape index (κ3) is 21.2. The second-order valence-electron chi connectivity index (χ2n) is 35.4. The number of esters is 1. The van der Waals surface area contributed by atoms with E-state index in [1.165, 1.54) is 24.5 Å². The van der Waals surface area contributed by atoms with Gasteiger partial charge >= 0.3 is 11.4 Å². The van der Waals surface area contributed by atoms with Gasteiger partial charge in [0.05, 0.1) is 78.9 Å². The van der Waals surface area contributed by atoms with Gasteiger partial charge in [-0.2, -0.15) is 0 Å². The zero-order chi connectivity index (χ0) is 85.7. The molecule has 656 valence electrons. The predicted molar refractivity (Wildman–Crippen MR) is 448 cm³/mol. The first-order valence-corrected chi connectivity index (χ1v) is 45.8. The van der Waals surface area contributed by atoms with Crippen molar-refractivity contribution in [3.63, 3.8) is 0 Å². The molecule has 28 nitrogen and oxygen atoms in total. The Kier molecular flexibility index (Phi) is 30.0. The number of pyridine rings is 2. The Hall–Kier alpha value is -7.90. The van der Waals surface area contributed by atoms with E-state index in [2.05, 4.69) is 56.2 Å². The molecule has 6 fully saturated rings. The molecule has 4 aromatic rings. The van der Waals surface area contributed by atoms with E-state index in [1.54, 1.807) is 33.0 Å². The van der Waals surface area contributed by atoms with Gasteiger partial charge in [-0.05, 0) is 198 Å². The number of halogens is 2. The molecular weight excluding hydrogens is 1610 g/mol. The molecule has 7 N–H and O–H groups in total. The lowest BCUT2D eigenvalue weighted by Crippen LogP contribution is -3.00. The van der Waals surface area contributed by atoms with Crippen molar-refractivity contribution in [2.75, 3.05) is 60.2 Å². The summed E-state index contributed by atoms with van der Waals surface area (Å²) >= 11 is 4.86. The van der Waals surface area contributed by atoms with Crippen molar-refractivity contribution in [2.24, 2.45) is 29.6 Å². The fraction of sp³-hybridized carbons (Fsp3) is 0.655. The number of rotatable bonds is 17. The number of nitrogens with zero attached hydrogens (tertiary/aromatic N) is 5. The van der Waals surface area contributed by atoms with E-state index in [1.807, 2.05) is 102 Å². The van der Waals surface area contributed by atoms with Gasteiger partial charge in [0.1, 0.15) is 57.4 Å². The number of hydrogen-bond donors (Lipinski definition) is 5. The second kappa shape index (κ2) is 38.2. The number of sulfonamides is 2. The van der Waals surface area contributed by atoms with Crippen LogP contribution in [0.15, 0.2) is 60.7 Å². The first kappa shape index (κ1) is 93.4. The molecule has 4 saturated carbocycles. The highest BCUT2D eigenvalue weighted by Crippen LogP contribution is 2.52. The number of carbonyl (C=O) groups excluding carboxylic acids is 8. The number of amides is 6. The highest BCUT2D eigenvalue weighted by molar-refractivity contribution is 7.92. The highest BCUT2D eigenvalue weighted by Gasteiger charge is 2.66. The quantitative estimate of drug-likeness (QED) is 0.0390. The molecule has 0 bridgehead atoms. The average molecular weight is 1730 g/mol. The van der Waals surface area contributed by atoms with Gasteiger partial charge in [0.2, 0.25) is 37.8 Å². The summed E-state index contributed by atoms with van der Waals surface area (Å²) in [5, 5.41) is 7.79. The van der Waals surface area contributed by atoms with E-state index in [9.17, 15) is 55.2 Å². The Morgan fingerprint density at radius 1 is 0.613 bits per heavy atom. The largest absolute Gasteiger partial charge is 1.00 e. The molecule has 2 aromatic heterocycles. The van der Waals surface area contributed by atoms with Crippen molar-refractivity contribution >= 4 is 100 Å². The van der Waals surface area contributed by atoms with Crippen LogP contribution in [0.5, 0.6) is 23.0 Å². The van der Waals surface area contributed by atoms with Crippen molar-refractivity contribution in [1.82, 2.24) is 44.7 Å². The molecule has 6 aliphatic heterocycles. The van der Waals surface area contributed by atoms with Gasteiger partial charge in [-0.25, -0.2) is 31.6 Å². The number of aromatic nitrogens is 2. The normalized spacial score (nSPS) is 27.8. The molecule has 119 heavy (non-hydrogen) atoms. The lowest BCUT2D eigenvalue weighted by Gasteiger charge is -2.36. The minimum Gasteiger partial charge on any atom is -1.00 e. The van der Waals surface area contributed by atoms with Crippen molar-refractivity contribution in [1.29, 1.82) is 0 Å². The fourth-order valence-corrected chi connectivity index (χ4v) is 19.8. The minimum absolute atomic E-state index is 0. The Labute approximate surface area is 712 Å². The summed E-state index contributed by atoms with van der Waals surface area (Å²) in [6, 6.07) is 8.97. The maximum Gasteiger partial charge on any atom is 0.403 e.